The highest BCUT2D eigenvalue weighted by atomic mass is 35.5. The van der Waals surface area contributed by atoms with Crippen LogP contribution in [0.25, 0.3) is 0 Å². The van der Waals surface area contributed by atoms with Gasteiger partial charge >= 0.3 is 5.97 Å². The van der Waals surface area contributed by atoms with Gasteiger partial charge in [0.25, 0.3) is 0 Å². The molecule has 0 bridgehead atoms. The third-order valence-electron chi connectivity index (χ3n) is 5.43. The van der Waals surface area contributed by atoms with Crippen molar-refractivity contribution >= 4 is 17.6 Å². The van der Waals surface area contributed by atoms with E-state index in [1.807, 2.05) is 18.2 Å². The number of hydrogen-bond acceptors (Lipinski definition) is 6. The van der Waals surface area contributed by atoms with Gasteiger partial charge in [0.2, 0.25) is 0 Å². The molecular formula is C24H31ClN2O4. The van der Waals surface area contributed by atoms with Crippen LogP contribution in [0.5, 0.6) is 0 Å². The first kappa shape index (κ1) is 23.7. The summed E-state index contributed by atoms with van der Waals surface area (Å²) in [4.78, 5) is 16.4. The van der Waals surface area contributed by atoms with E-state index in [0.29, 0.717) is 6.61 Å². The Hall–Kier alpha value is -1.96. The zero-order valence-electron chi connectivity index (χ0n) is 18.0. The molecule has 0 radical (unpaired) electrons. The first-order valence-corrected chi connectivity index (χ1v) is 11.1. The van der Waals surface area contributed by atoms with E-state index in [9.17, 15) is 4.79 Å². The summed E-state index contributed by atoms with van der Waals surface area (Å²) in [6.07, 6.45) is -0.498. The summed E-state index contributed by atoms with van der Waals surface area (Å²) in [5.41, 5.74) is 2.51. The number of halogens is 1. The third kappa shape index (κ3) is 7.30. The topological polar surface area (TPSA) is 62.2 Å². The number of piperazine rings is 1. The minimum atomic E-state index is -0.498. The number of rotatable bonds is 10. The van der Waals surface area contributed by atoms with Crippen LogP contribution in [0.4, 0.5) is 0 Å². The molecule has 0 aliphatic carbocycles. The Balaban J connectivity index is 1.50. The number of ether oxygens (including phenoxy) is 2. The van der Waals surface area contributed by atoms with Gasteiger partial charge in [0, 0.05) is 37.7 Å². The molecule has 1 unspecified atom stereocenters. The quantitative estimate of drug-likeness (QED) is 0.447. The van der Waals surface area contributed by atoms with E-state index in [0.717, 1.165) is 37.7 Å². The summed E-state index contributed by atoms with van der Waals surface area (Å²) in [7, 11) is 0. The van der Waals surface area contributed by atoms with Crippen molar-refractivity contribution in [2.45, 2.75) is 19.1 Å². The van der Waals surface area contributed by atoms with Crippen LogP contribution in [0.15, 0.2) is 54.6 Å². The second kappa shape index (κ2) is 12.2. The Morgan fingerprint density at radius 3 is 2.32 bits per heavy atom. The lowest BCUT2D eigenvalue weighted by molar-refractivity contribution is -0.155. The Bertz CT molecular complexity index is 795. The number of esters is 1. The van der Waals surface area contributed by atoms with E-state index < -0.39 is 12.1 Å². The molecule has 6 nitrogen and oxygen atoms in total. The monoisotopic (exact) mass is 446 g/mol. The summed E-state index contributed by atoms with van der Waals surface area (Å²) in [6.45, 7) is 6.38. The third-order valence-corrected chi connectivity index (χ3v) is 5.69. The number of aliphatic hydroxyl groups is 1. The van der Waals surface area contributed by atoms with Crippen LogP contribution in [0.2, 0.25) is 5.02 Å². The molecule has 1 heterocycles. The number of aliphatic hydroxyl groups excluding tert-OH is 1. The second-order valence-corrected chi connectivity index (χ2v) is 8.21. The SMILES string of the molecule is CC(CO)OC(=O)COCCN1CCN([C@@H](c2ccccc2)c2ccc(Cl)cc2)CC1. The molecule has 1 aliphatic heterocycles. The highest BCUT2D eigenvalue weighted by molar-refractivity contribution is 6.30. The fourth-order valence-corrected chi connectivity index (χ4v) is 3.91. The average Bonchev–Trinajstić information content (AvgIpc) is 2.80. The molecule has 31 heavy (non-hydrogen) atoms. The summed E-state index contributed by atoms with van der Waals surface area (Å²) in [5.74, 6) is -0.444. The number of hydrogen-bond donors (Lipinski definition) is 1. The number of benzene rings is 2. The molecule has 0 saturated carbocycles. The van der Waals surface area contributed by atoms with Gasteiger partial charge < -0.3 is 14.6 Å². The smallest absolute Gasteiger partial charge is 0.332 e. The van der Waals surface area contributed by atoms with Gasteiger partial charge in [0.1, 0.15) is 12.7 Å². The van der Waals surface area contributed by atoms with Gasteiger partial charge in [-0.1, -0.05) is 54.1 Å². The molecule has 2 atom stereocenters. The molecule has 1 aliphatic rings. The predicted molar refractivity (Wildman–Crippen MR) is 121 cm³/mol. The molecule has 0 spiro atoms. The van der Waals surface area contributed by atoms with Crippen molar-refractivity contribution in [2.75, 3.05) is 52.5 Å². The van der Waals surface area contributed by atoms with Gasteiger partial charge in [-0.15, -0.1) is 0 Å². The molecule has 1 N–H and O–H groups in total. The fraction of sp³-hybridized carbons (Fsp3) is 0.458. The van der Waals surface area contributed by atoms with Crippen molar-refractivity contribution < 1.29 is 19.4 Å². The summed E-state index contributed by atoms with van der Waals surface area (Å²) in [5, 5.41) is 9.65. The number of carbonyl (C=O) groups is 1. The molecule has 168 valence electrons. The van der Waals surface area contributed by atoms with E-state index in [4.69, 9.17) is 26.2 Å². The van der Waals surface area contributed by atoms with Gasteiger partial charge in [0.15, 0.2) is 0 Å². The lowest BCUT2D eigenvalue weighted by atomic mass is 9.96. The minimum absolute atomic E-state index is 0.0864. The van der Waals surface area contributed by atoms with Gasteiger partial charge in [-0.2, -0.15) is 0 Å². The van der Waals surface area contributed by atoms with Crippen molar-refractivity contribution in [3.63, 3.8) is 0 Å². The molecule has 1 saturated heterocycles. The first-order valence-electron chi connectivity index (χ1n) is 10.7. The van der Waals surface area contributed by atoms with Crippen LogP contribution in [0, 0.1) is 0 Å². The predicted octanol–water partition coefficient (Wildman–Crippen LogP) is 2.99. The molecule has 3 rings (SSSR count). The normalized spacial score (nSPS) is 17.3. The van der Waals surface area contributed by atoms with Crippen molar-refractivity contribution in [1.29, 1.82) is 0 Å². The fourth-order valence-electron chi connectivity index (χ4n) is 3.78. The average molecular weight is 447 g/mol. The van der Waals surface area contributed by atoms with E-state index in [1.165, 1.54) is 11.1 Å². The molecular weight excluding hydrogens is 416 g/mol. The van der Waals surface area contributed by atoms with E-state index in [-0.39, 0.29) is 19.3 Å². The van der Waals surface area contributed by atoms with Crippen LogP contribution in [0.1, 0.15) is 24.1 Å². The second-order valence-electron chi connectivity index (χ2n) is 7.78. The first-order chi connectivity index (χ1) is 15.1. The maximum Gasteiger partial charge on any atom is 0.332 e. The van der Waals surface area contributed by atoms with E-state index >= 15 is 0 Å². The maximum atomic E-state index is 11.6. The molecule has 0 amide bonds. The summed E-state index contributed by atoms with van der Waals surface area (Å²) in [6, 6.07) is 18.9. The molecule has 0 aromatic heterocycles. The number of nitrogens with zero attached hydrogens (tertiary/aromatic N) is 2. The van der Waals surface area contributed by atoms with Crippen molar-refractivity contribution in [3.05, 3.63) is 70.7 Å². The van der Waals surface area contributed by atoms with Crippen molar-refractivity contribution in [3.8, 4) is 0 Å². The Morgan fingerprint density at radius 1 is 1.03 bits per heavy atom. The molecule has 1 fully saturated rings. The molecule has 7 heteroatoms. The zero-order chi connectivity index (χ0) is 22.1. The Morgan fingerprint density at radius 2 is 1.68 bits per heavy atom. The van der Waals surface area contributed by atoms with Crippen LogP contribution >= 0.6 is 11.6 Å². The lowest BCUT2D eigenvalue weighted by Gasteiger charge is -2.39. The maximum absolute atomic E-state index is 11.6. The summed E-state index contributed by atoms with van der Waals surface area (Å²) >= 11 is 6.11. The molecule has 2 aromatic carbocycles. The van der Waals surface area contributed by atoms with Gasteiger partial charge in [-0.3, -0.25) is 9.80 Å². The highest BCUT2D eigenvalue weighted by Gasteiger charge is 2.26. The largest absolute Gasteiger partial charge is 0.459 e. The number of carbonyl (C=O) groups excluding carboxylic acids is 1. The van der Waals surface area contributed by atoms with Crippen LogP contribution in [-0.2, 0) is 14.3 Å². The Kier molecular flexibility index (Phi) is 9.31. The van der Waals surface area contributed by atoms with Gasteiger partial charge in [-0.05, 0) is 30.2 Å². The molecule has 2 aromatic rings. The van der Waals surface area contributed by atoms with Gasteiger partial charge in [-0.25, -0.2) is 4.79 Å². The van der Waals surface area contributed by atoms with E-state index in [1.54, 1.807) is 6.92 Å². The lowest BCUT2D eigenvalue weighted by Crippen LogP contribution is -2.48. The standard InChI is InChI=1S/C24H31ClN2O4/c1-19(17-28)31-23(29)18-30-16-15-26-11-13-27(14-12-26)24(20-5-3-2-4-6-20)21-7-9-22(25)10-8-21/h2-10,19,24,28H,11-18H2,1H3/t19?,24-/m0/s1. The van der Waals surface area contributed by atoms with E-state index in [2.05, 4.69) is 46.2 Å². The van der Waals surface area contributed by atoms with Crippen LogP contribution in [0.3, 0.4) is 0 Å². The minimum Gasteiger partial charge on any atom is -0.459 e. The zero-order valence-corrected chi connectivity index (χ0v) is 18.7. The van der Waals surface area contributed by atoms with Crippen LogP contribution < -0.4 is 0 Å². The van der Waals surface area contributed by atoms with Gasteiger partial charge in [0.05, 0.1) is 19.3 Å². The van der Waals surface area contributed by atoms with Crippen LogP contribution in [-0.4, -0.2) is 79.5 Å². The summed E-state index contributed by atoms with van der Waals surface area (Å²) < 4.78 is 10.4. The highest BCUT2D eigenvalue weighted by Crippen LogP contribution is 2.30. The van der Waals surface area contributed by atoms with Crippen molar-refractivity contribution in [1.82, 2.24) is 9.80 Å². The Labute approximate surface area is 189 Å². The van der Waals surface area contributed by atoms with Crippen molar-refractivity contribution in [2.24, 2.45) is 0 Å².